The lowest BCUT2D eigenvalue weighted by atomic mass is 10.1. The van der Waals surface area contributed by atoms with Gasteiger partial charge in [0.2, 0.25) is 0 Å². The third-order valence-electron chi connectivity index (χ3n) is 3.06. The maximum absolute atomic E-state index is 11.6. The molecule has 2 rings (SSSR count). The number of hydrogen-bond acceptors (Lipinski definition) is 4. The van der Waals surface area contributed by atoms with Gasteiger partial charge < -0.3 is 10.2 Å². The molecule has 1 aromatic rings. The van der Waals surface area contributed by atoms with Gasteiger partial charge in [-0.25, -0.2) is 4.68 Å². The average molecular weight is 257 g/mol. The third-order valence-corrected chi connectivity index (χ3v) is 3.43. The van der Waals surface area contributed by atoms with Crippen LogP contribution in [0.25, 0.3) is 0 Å². The Morgan fingerprint density at radius 3 is 3.00 bits per heavy atom. The predicted molar refractivity (Wildman–Crippen MR) is 68.6 cm³/mol. The van der Waals surface area contributed by atoms with Crippen molar-refractivity contribution >= 4 is 17.3 Å². The SMILES string of the molecule is CN1CCCC(Nc2cnn(C)c(=O)c2Cl)C1. The second-order valence-corrected chi connectivity index (χ2v) is 4.92. The van der Waals surface area contributed by atoms with E-state index in [0.29, 0.717) is 11.7 Å². The molecular formula is C11H17ClN4O. The smallest absolute Gasteiger partial charge is 0.287 e. The second-order valence-electron chi connectivity index (χ2n) is 4.55. The van der Waals surface area contributed by atoms with Crippen LogP contribution in [0.5, 0.6) is 0 Å². The van der Waals surface area contributed by atoms with Crippen LogP contribution in [0.2, 0.25) is 5.02 Å². The number of aryl methyl sites for hydroxylation is 1. The Kier molecular flexibility index (Phi) is 3.69. The molecule has 1 fully saturated rings. The summed E-state index contributed by atoms with van der Waals surface area (Å²) in [5, 5.41) is 7.48. The fourth-order valence-electron chi connectivity index (χ4n) is 2.12. The van der Waals surface area contributed by atoms with Crippen molar-refractivity contribution in [3.05, 3.63) is 21.6 Å². The van der Waals surface area contributed by atoms with E-state index in [2.05, 4.69) is 22.4 Å². The topological polar surface area (TPSA) is 50.2 Å². The maximum atomic E-state index is 11.6. The van der Waals surface area contributed by atoms with Crippen LogP contribution in [0.1, 0.15) is 12.8 Å². The molecule has 5 nitrogen and oxygen atoms in total. The van der Waals surface area contributed by atoms with E-state index in [0.717, 1.165) is 25.9 Å². The molecule has 0 bridgehead atoms. The summed E-state index contributed by atoms with van der Waals surface area (Å²) in [5.74, 6) is 0. The number of anilines is 1. The largest absolute Gasteiger partial charge is 0.378 e. The zero-order chi connectivity index (χ0) is 12.4. The number of piperidine rings is 1. The molecule has 94 valence electrons. The minimum atomic E-state index is -0.263. The van der Waals surface area contributed by atoms with Gasteiger partial charge in [-0.1, -0.05) is 11.6 Å². The minimum Gasteiger partial charge on any atom is -0.378 e. The van der Waals surface area contributed by atoms with Crippen molar-refractivity contribution < 1.29 is 0 Å². The molecule has 1 aliphatic rings. The molecule has 0 radical (unpaired) electrons. The van der Waals surface area contributed by atoms with Crippen LogP contribution in [0.4, 0.5) is 5.69 Å². The molecule has 0 saturated carbocycles. The van der Waals surface area contributed by atoms with Crippen molar-refractivity contribution in [3.8, 4) is 0 Å². The van der Waals surface area contributed by atoms with Gasteiger partial charge in [-0.3, -0.25) is 4.79 Å². The van der Waals surface area contributed by atoms with Crippen molar-refractivity contribution in [1.82, 2.24) is 14.7 Å². The first-order chi connectivity index (χ1) is 8.08. The summed E-state index contributed by atoms with van der Waals surface area (Å²) in [7, 11) is 3.68. The van der Waals surface area contributed by atoms with E-state index in [1.165, 1.54) is 4.68 Å². The normalized spacial score (nSPS) is 21.5. The number of likely N-dealkylation sites (N-methyl/N-ethyl adjacent to an activating group) is 1. The van der Waals surface area contributed by atoms with Gasteiger partial charge in [0.1, 0.15) is 5.02 Å². The average Bonchev–Trinajstić information content (AvgIpc) is 2.30. The van der Waals surface area contributed by atoms with Crippen molar-refractivity contribution in [2.45, 2.75) is 18.9 Å². The summed E-state index contributed by atoms with van der Waals surface area (Å²) in [4.78, 5) is 13.9. The summed E-state index contributed by atoms with van der Waals surface area (Å²) in [5.41, 5.74) is 0.371. The van der Waals surface area contributed by atoms with Gasteiger partial charge in [0.05, 0.1) is 11.9 Å². The van der Waals surface area contributed by atoms with Crippen LogP contribution in [-0.2, 0) is 7.05 Å². The molecule has 1 aliphatic heterocycles. The van der Waals surface area contributed by atoms with Gasteiger partial charge in [-0.05, 0) is 26.4 Å². The Bertz CT molecular complexity index is 459. The van der Waals surface area contributed by atoms with Gasteiger partial charge >= 0.3 is 0 Å². The maximum Gasteiger partial charge on any atom is 0.287 e. The first-order valence-corrected chi connectivity index (χ1v) is 6.12. The highest BCUT2D eigenvalue weighted by atomic mass is 35.5. The third kappa shape index (κ3) is 2.79. The van der Waals surface area contributed by atoms with Gasteiger partial charge in [0, 0.05) is 19.6 Å². The quantitative estimate of drug-likeness (QED) is 0.856. The highest BCUT2D eigenvalue weighted by molar-refractivity contribution is 6.32. The van der Waals surface area contributed by atoms with Crippen molar-refractivity contribution in [1.29, 1.82) is 0 Å². The van der Waals surface area contributed by atoms with Gasteiger partial charge in [0.25, 0.3) is 5.56 Å². The summed E-state index contributed by atoms with van der Waals surface area (Å²) < 4.78 is 1.24. The number of nitrogens with one attached hydrogen (secondary N) is 1. The lowest BCUT2D eigenvalue weighted by molar-refractivity contribution is 0.261. The molecular weight excluding hydrogens is 240 g/mol. The molecule has 0 amide bonds. The Morgan fingerprint density at radius 2 is 2.29 bits per heavy atom. The highest BCUT2D eigenvalue weighted by Crippen LogP contribution is 2.19. The van der Waals surface area contributed by atoms with E-state index in [1.807, 2.05) is 0 Å². The zero-order valence-electron chi connectivity index (χ0n) is 10.1. The van der Waals surface area contributed by atoms with Crippen molar-refractivity contribution in [2.75, 3.05) is 25.5 Å². The Balaban J connectivity index is 2.13. The molecule has 2 heterocycles. The molecule has 0 aliphatic carbocycles. The molecule has 17 heavy (non-hydrogen) atoms. The number of hydrogen-bond donors (Lipinski definition) is 1. The number of halogens is 1. The second kappa shape index (κ2) is 5.06. The van der Waals surface area contributed by atoms with E-state index in [4.69, 9.17) is 11.6 Å². The number of nitrogens with zero attached hydrogens (tertiary/aromatic N) is 3. The van der Waals surface area contributed by atoms with E-state index < -0.39 is 0 Å². The van der Waals surface area contributed by atoms with Crippen LogP contribution in [0.15, 0.2) is 11.0 Å². The summed E-state index contributed by atoms with van der Waals surface area (Å²) >= 11 is 6.00. The molecule has 6 heteroatoms. The molecule has 1 atom stereocenters. The first kappa shape index (κ1) is 12.4. The molecule has 1 aromatic heterocycles. The van der Waals surface area contributed by atoms with Gasteiger partial charge in [-0.15, -0.1) is 0 Å². The molecule has 1 saturated heterocycles. The molecule has 0 aromatic carbocycles. The lowest BCUT2D eigenvalue weighted by Gasteiger charge is -2.30. The Hall–Kier alpha value is -1.07. The first-order valence-electron chi connectivity index (χ1n) is 5.75. The predicted octanol–water partition coefficient (Wildman–Crippen LogP) is 0.940. The fourth-order valence-corrected chi connectivity index (χ4v) is 2.34. The number of likely N-dealkylation sites (tertiary alicyclic amines) is 1. The molecule has 1 N–H and O–H groups in total. The molecule has 1 unspecified atom stereocenters. The minimum absolute atomic E-state index is 0.218. The van der Waals surface area contributed by atoms with Crippen LogP contribution in [0, 0.1) is 0 Å². The monoisotopic (exact) mass is 256 g/mol. The zero-order valence-corrected chi connectivity index (χ0v) is 10.9. The summed E-state index contributed by atoms with van der Waals surface area (Å²) in [6.45, 7) is 2.09. The standard InChI is InChI=1S/C11H17ClN4O/c1-15-5-3-4-8(7-15)14-9-6-13-16(2)11(17)10(9)12/h6,8,14H,3-5,7H2,1-2H3. The number of aromatic nitrogens is 2. The van der Waals surface area contributed by atoms with Crippen molar-refractivity contribution in [2.24, 2.45) is 7.05 Å². The van der Waals surface area contributed by atoms with E-state index in [9.17, 15) is 4.79 Å². The van der Waals surface area contributed by atoms with Crippen LogP contribution in [-0.4, -0.2) is 40.9 Å². The van der Waals surface area contributed by atoms with Gasteiger partial charge in [-0.2, -0.15) is 5.10 Å². The van der Waals surface area contributed by atoms with E-state index in [1.54, 1.807) is 13.2 Å². The Morgan fingerprint density at radius 1 is 1.53 bits per heavy atom. The van der Waals surface area contributed by atoms with Gasteiger partial charge in [0.15, 0.2) is 0 Å². The fraction of sp³-hybridized carbons (Fsp3) is 0.636. The van der Waals surface area contributed by atoms with Crippen LogP contribution < -0.4 is 10.9 Å². The number of rotatable bonds is 2. The Labute approximate surface area is 105 Å². The van der Waals surface area contributed by atoms with E-state index in [-0.39, 0.29) is 10.6 Å². The summed E-state index contributed by atoms with van der Waals surface area (Å²) in [6, 6.07) is 0.333. The molecule has 0 spiro atoms. The highest BCUT2D eigenvalue weighted by Gasteiger charge is 2.18. The van der Waals surface area contributed by atoms with Crippen LogP contribution in [0.3, 0.4) is 0 Å². The van der Waals surface area contributed by atoms with E-state index >= 15 is 0 Å². The lowest BCUT2D eigenvalue weighted by Crippen LogP contribution is -2.40. The summed E-state index contributed by atoms with van der Waals surface area (Å²) in [6.07, 6.45) is 3.86. The van der Waals surface area contributed by atoms with Crippen molar-refractivity contribution in [3.63, 3.8) is 0 Å². The van der Waals surface area contributed by atoms with Crippen LogP contribution >= 0.6 is 11.6 Å².